The van der Waals surface area contributed by atoms with Crippen molar-refractivity contribution in [2.75, 3.05) is 13.1 Å². The number of hydrogen-bond acceptors (Lipinski definition) is 4. The van der Waals surface area contributed by atoms with Crippen LogP contribution in [0.15, 0.2) is 91.3 Å². The molecule has 1 fully saturated rings. The van der Waals surface area contributed by atoms with Gasteiger partial charge in [-0.1, -0.05) is 77.8 Å². The van der Waals surface area contributed by atoms with Crippen LogP contribution in [0.2, 0.25) is 10.0 Å². The molecule has 0 saturated carbocycles. The molecular formula is C30H29Cl2N3O2. The molecule has 5 rings (SSSR count). The van der Waals surface area contributed by atoms with E-state index in [-0.39, 0.29) is 11.8 Å². The first-order valence-electron chi connectivity index (χ1n) is 12.5. The molecule has 0 amide bonds. The second kappa shape index (κ2) is 11.2. The average molecular weight is 534 g/mol. The van der Waals surface area contributed by atoms with E-state index in [1.165, 1.54) is 0 Å². The third kappa shape index (κ3) is 5.65. The number of ketones is 1. The summed E-state index contributed by atoms with van der Waals surface area (Å²) < 4.78 is 1.83. The summed E-state index contributed by atoms with van der Waals surface area (Å²) in [5.41, 5.74) is 2.01. The van der Waals surface area contributed by atoms with Gasteiger partial charge in [0.2, 0.25) is 0 Å². The van der Waals surface area contributed by atoms with Crippen molar-refractivity contribution in [1.29, 1.82) is 0 Å². The fourth-order valence-electron chi connectivity index (χ4n) is 5.21. The molecule has 0 spiro atoms. The predicted molar refractivity (Wildman–Crippen MR) is 147 cm³/mol. The normalized spacial score (nSPS) is 16.4. The summed E-state index contributed by atoms with van der Waals surface area (Å²) in [5.74, 6) is 0.410. The molecule has 1 aliphatic rings. The number of halogens is 2. The highest BCUT2D eigenvalue weighted by molar-refractivity contribution is 6.42. The first-order chi connectivity index (χ1) is 17.9. The van der Waals surface area contributed by atoms with Gasteiger partial charge >= 0.3 is 0 Å². The number of likely N-dealkylation sites (tertiary alicyclic amines) is 1. The van der Waals surface area contributed by atoms with E-state index >= 15 is 0 Å². The van der Waals surface area contributed by atoms with Crippen molar-refractivity contribution >= 4 is 29.0 Å². The second-order valence-corrected chi connectivity index (χ2v) is 10.4. The number of benzene rings is 3. The number of aromatic nitrogens is 2. The molecule has 3 aromatic carbocycles. The number of para-hydroxylation sites is 1. The zero-order valence-electron chi connectivity index (χ0n) is 20.4. The quantitative estimate of drug-likeness (QED) is 0.251. The summed E-state index contributed by atoms with van der Waals surface area (Å²) in [6.45, 7) is 1.40. The van der Waals surface area contributed by atoms with E-state index in [9.17, 15) is 9.90 Å². The summed E-state index contributed by atoms with van der Waals surface area (Å²) in [6.07, 6.45) is 5.62. The molecule has 0 radical (unpaired) electrons. The predicted octanol–water partition coefficient (Wildman–Crippen LogP) is 6.87. The number of carbonyl (C=O) groups is 1. The molecule has 1 atom stereocenters. The van der Waals surface area contributed by atoms with Crippen molar-refractivity contribution in [3.05, 3.63) is 118 Å². The Labute approximate surface area is 227 Å². The molecule has 1 unspecified atom stereocenters. The largest absolute Gasteiger partial charge is 0.385 e. The average Bonchev–Trinajstić information content (AvgIpc) is 3.43. The Balaban J connectivity index is 1.35. The SMILES string of the molecule is O=C(CCC(c1ccc(Cl)c(Cl)c1)N1CCC(O)(c2ccccc2)CC1)c1nccn1-c1ccccc1. The summed E-state index contributed by atoms with van der Waals surface area (Å²) in [5, 5.41) is 12.3. The molecule has 190 valence electrons. The zero-order chi connectivity index (χ0) is 25.8. The molecule has 37 heavy (non-hydrogen) atoms. The van der Waals surface area contributed by atoms with Crippen molar-refractivity contribution in [3.8, 4) is 5.69 Å². The lowest BCUT2D eigenvalue weighted by atomic mass is 9.83. The zero-order valence-corrected chi connectivity index (χ0v) is 21.9. The van der Waals surface area contributed by atoms with Gasteiger partial charge in [-0.25, -0.2) is 4.98 Å². The van der Waals surface area contributed by atoms with Crippen LogP contribution in [0, 0.1) is 0 Å². The lowest BCUT2D eigenvalue weighted by Crippen LogP contribution is -2.44. The van der Waals surface area contributed by atoms with Gasteiger partial charge in [-0.05, 0) is 54.7 Å². The highest BCUT2D eigenvalue weighted by atomic mass is 35.5. The Morgan fingerprint density at radius 3 is 2.30 bits per heavy atom. The van der Waals surface area contributed by atoms with Gasteiger partial charge in [0.25, 0.3) is 0 Å². The monoisotopic (exact) mass is 533 g/mol. The van der Waals surface area contributed by atoms with Crippen LogP contribution in [-0.4, -0.2) is 38.4 Å². The van der Waals surface area contributed by atoms with Gasteiger partial charge in [-0.15, -0.1) is 0 Å². The molecule has 4 aromatic rings. The van der Waals surface area contributed by atoms with Gasteiger partial charge in [0, 0.05) is 43.6 Å². The molecular weight excluding hydrogens is 505 g/mol. The van der Waals surface area contributed by atoms with Crippen LogP contribution in [0.5, 0.6) is 0 Å². The fraction of sp³-hybridized carbons (Fsp3) is 0.267. The maximum Gasteiger partial charge on any atom is 0.198 e. The van der Waals surface area contributed by atoms with Gasteiger partial charge in [-0.2, -0.15) is 0 Å². The van der Waals surface area contributed by atoms with E-state index in [0.29, 0.717) is 54.6 Å². The van der Waals surface area contributed by atoms with Gasteiger partial charge < -0.3 is 5.11 Å². The number of hydrogen-bond donors (Lipinski definition) is 1. The van der Waals surface area contributed by atoms with Crippen LogP contribution in [0.25, 0.3) is 5.69 Å². The Bertz CT molecular complexity index is 1350. The maximum atomic E-state index is 13.3. The number of Topliss-reactive ketones (excluding diaryl/α,β-unsaturated/α-hetero) is 1. The second-order valence-electron chi connectivity index (χ2n) is 9.54. The number of rotatable bonds is 8. The van der Waals surface area contributed by atoms with Crippen molar-refractivity contribution < 1.29 is 9.90 Å². The highest BCUT2D eigenvalue weighted by Gasteiger charge is 2.36. The van der Waals surface area contributed by atoms with E-state index < -0.39 is 5.60 Å². The first-order valence-corrected chi connectivity index (χ1v) is 13.3. The standard InChI is InChI=1S/C30H29Cl2N3O2/c31-25-12-11-22(21-26(25)32)27(34-18-15-30(37,16-19-34)23-7-3-1-4-8-23)13-14-28(36)29-33-17-20-35(29)24-9-5-2-6-10-24/h1-12,17,20-21,27,37H,13-16,18-19H2. The molecule has 1 saturated heterocycles. The summed E-state index contributed by atoms with van der Waals surface area (Å²) in [7, 11) is 0. The fourth-order valence-corrected chi connectivity index (χ4v) is 5.52. The van der Waals surface area contributed by atoms with Crippen LogP contribution in [0.1, 0.15) is 53.5 Å². The molecule has 0 aliphatic carbocycles. The molecule has 1 aliphatic heterocycles. The van der Waals surface area contributed by atoms with Gasteiger partial charge in [-0.3, -0.25) is 14.3 Å². The van der Waals surface area contributed by atoms with E-state index in [2.05, 4.69) is 9.88 Å². The van der Waals surface area contributed by atoms with E-state index in [1.807, 2.05) is 83.6 Å². The first kappa shape index (κ1) is 25.7. The maximum absolute atomic E-state index is 13.3. The van der Waals surface area contributed by atoms with Crippen molar-refractivity contribution in [1.82, 2.24) is 14.5 Å². The van der Waals surface area contributed by atoms with E-state index in [1.54, 1.807) is 12.3 Å². The number of nitrogens with zero attached hydrogens (tertiary/aromatic N) is 3. The summed E-state index contributed by atoms with van der Waals surface area (Å²) in [4.78, 5) is 20.0. The highest BCUT2D eigenvalue weighted by Crippen LogP contribution is 2.38. The lowest BCUT2D eigenvalue weighted by molar-refractivity contribution is -0.0370. The summed E-state index contributed by atoms with van der Waals surface area (Å²) in [6, 6.07) is 25.2. The van der Waals surface area contributed by atoms with Crippen LogP contribution >= 0.6 is 23.2 Å². The Morgan fingerprint density at radius 1 is 0.946 bits per heavy atom. The van der Waals surface area contributed by atoms with Crippen LogP contribution in [0.4, 0.5) is 0 Å². The molecule has 7 heteroatoms. The van der Waals surface area contributed by atoms with Crippen molar-refractivity contribution in [2.45, 2.75) is 37.3 Å². The Morgan fingerprint density at radius 2 is 1.62 bits per heavy atom. The van der Waals surface area contributed by atoms with Gasteiger partial charge in [0.1, 0.15) is 0 Å². The molecule has 0 bridgehead atoms. The molecule has 5 nitrogen and oxygen atoms in total. The molecule has 2 heterocycles. The van der Waals surface area contributed by atoms with Gasteiger partial charge in [0.15, 0.2) is 11.6 Å². The number of piperidine rings is 1. The third-order valence-electron chi connectivity index (χ3n) is 7.27. The number of imidazole rings is 1. The minimum Gasteiger partial charge on any atom is -0.385 e. The minimum absolute atomic E-state index is 0.0169. The minimum atomic E-state index is -0.851. The molecule has 1 N–H and O–H groups in total. The topological polar surface area (TPSA) is 58.4 Å². The number of carbonyl (C=O) groups excluding carboxylic acids is 1. The lowest BCUT2D eigenvalue weighted by Gasteiger charge is -2.42. The summed E-state index contributed by atoms with van der Waals surface area (Å²) >= 11 is 12.6. The van der Waals surface area contributed by atoms with Gasteiger partial charge in [0.05, 0.1) is 15.6 Å². The van der Waals surface area contributed by atoms with Crippen LogP contribution < -0.4 is 0 Å². The van der Waals surface area contributed by atoms with E-state index in [0.717, 1.165) is 16.8 Å². The smallest absolute Gasteiger partial charge is 0.198 e. The van der Waals surface area contributed by atoms with Crippen LogP contribution in [0.3, 0.4) is 0 Å². The third-order valence-corrected chi connectivity index (χ3v) is 8.01. The Hall–Kier alpha value is -2.96. The number of aliphatic hydroxyl groups is 1. The Kier molecular flexibility index (Phi) is 7.77. The molecule has 1 aromatic heterocycles. The van der Waals surface area contributed by atoms with E-state index in [4.69, 9.17) is 23.2 Å². The van der Waals surface area contributed by atoms with Crippen molar-refractivity contribution in [3.63, 3.8) is 0 Å². The van der Waals surface area contributed by atoms with Crippen LogP contribution in [-0.2, 0) is 5.60 Å². The van der Waals surface area contributed by atoms with Crippen molar-refractivity contribution in [2.24, 2.45) is 0 Å².